The van der Waals surface area contributed by atoms with Crippen molar-refractivity contribution < 1.29 is 4.74 Å². The fourth-order valence-electron chi connectivity index (χ4n) is 2.73. The minimum atomic E-state index is 0.511. The van der Waals surface area contributed by atoms with Crippen molar-refractivity contribution in [3.05, 3.63) is 0 Å². The molecule has 0 saturated carbocycles. The second-order valence-electron chi connectivity index (χ2n) is 6.01. The second kappa shape index (κ2) is 5.48. The quantitative estimate of drug-likeness (QED) is 0.786. The average Bonchev–Trinajstić information content (AvgIpc) is 2.60. The molecule has 0 amide bonds. The van der Waals surface area contributed by atoms with Crippen LogP contribution in [0.25, 0.3) is 0 Å². The second-order valence-corrected chi connectivity index (χ2v) is 6.01. The summed E-state index contributed by atoms with van der Waals surface area (Å²) in [4.78, 5) is 2.54. The molecule has 1 N–H and O–H groups in total. The molecule has 0 spiro atoms. The molecule has 3 heteroatoms. The summed E-state index contributed by atoms with van der Waals surface area (Å²) in [7, 11) is 0. The molecule has 94 valence electrons. The van der Waals surface area contributed by atoms with E-state index in [2.05, 4.69) is 24.1 Å². The maximum absolute atomic E-state index is 5.93. The summed E-state index contributed by atoms with van der Waals surface area (Å²) >= 11 is 0. The van der Waals surface area contributed by atoms with Crippen molar-refractivity contribution in [2.75, 3.05) is 39.3 Å². The lowest BCUT2D eigenvalue weighted by Crippen LogP contribution is -2.34. The Morgan fingerprint density at radius 3 is 2.69 bits per heavy atom. The highest BCUT2D eigenvalue weighted by molar-refractivity contribution is 4.82. The van der Waals surface area contributed by atoms with Crippen LogP contribution in [0.1, 0.15) is 33.1 Å². The lowest BCUT2D eigenvalue weighted by atomic mass is 9.93. The average molecular weight is 226 g/mol. The molecule has 0 unspecified atom stereocenters. The van der Waals surface area contributed by atoms with E-state index < -0.39 is 0 Å². The van der Waals surface area contributed by atoms with Crippen LogP contribution in [0, 0.1) is 5.41 Å². The maximum atomic E-state index is 5.93. The summed E-state index contributed by atoms with van der Waals surface area (Å²) < 4.78 is 5.93. The van der Waals surface area contributed by atoms with E-state index in [0.717, 1.165) is 26.2 Å². The van der Waals surface area contributed by atoms with Gasteiger partial charge in [0.2, 0.25) is 0 Å². The van der Waals surface area contributed by atoms with E-state index >= 15 is 0 Å². The van der Waals surface area contributed by atoms with Crippen LogP contribution in [0.15, 0.2) is 0 Å². The fourth-order valence-corrected chi connectivity index (χ4v) is 2.73. The van der Waals surface area contributed by atoms with Crippen LogP contribution in [0.4, 0.5) is 0 Å². The van der Waals surface area contributed by atoms with E-state index in [1.165, 1.54) is 32.4 Å². The molecule has 0 aliphatic carbocycles. The Kier molecular flexibility index (Phi) is 4.22. The van der Waals surface area contributed by atoms with Crippen LogP contribution < -0.4 is 5.32 Å². The summed E-state index contributed by atoms with van der Waals surface area (Å²) in [5, 5.41) is 3.37. The third kappa shape index (κ3) is 3.72. The molecule has 2 aliphatic heterocycles. The monoisotopic (exact) mass is 226 g/mol. The summed E-state index contributed by atoms with van der Waals surface area (Å²) in [6.45, 7) is 11.5. The van der Waals surface area contributed by atoms with Crippen molar-refractivity contribution in [2.24, 2.45) is 5.41 Å². The first kappa shape index (κ1) is 12.3. The Bertz CT molecular complexity index is 212. The molecule has 0 radical (unpaired) electrons. The van der Waals surface area contributed by atoms with Crippen molar-refractivity contribution in [1.29, 1.82) is 0 Å². The van der Waals surface area contributed by atoms with E-state index in [0.29, 0.717) is 11.5 Å². The number of nitrogens with one attached hydrogen (secondary N) is 1. The van der Waals surface area contributed by atoms with Crippen LogP contribution in [0.3, 0.4) is 0 Å². The highest BCUT2D eigenvalue weighted by atomic mass is 16.5. The Morgan fingerprint density at radius 2 is 2.06 bits per heavy atom. The van der Waals surface area contributed by atoms with Crippen molar-refractivity contribution in [3.8, 4) is 0 Å². The number of hydrogen-bond donors (Lipinski definition) is 1. The highest BCUT2D eigenvalue weighted by Gasteiger charge is 2.28. The summed E-state index contributed by atoms with van der Waals surface area (Å²) in [6.07, 6.45) is 4.22. The third-order valence-corrected chi connectivity index (χ3v) is 3.80. The van der Waals surface area contributed by atoms with E-state index in [-0.39, 0.29) is 0 Å². The molecule has 0 aromatic rings. The Morgan fingerprint density at radius 1 is 1.31 bits per heavy atom. The normalized spacial score (nSPS) is 27.4. The summed E-state index contributed by atoms with van der Waals surface area (Å²) in [5.41, 5.74) is 0.523. The van der Waals surface area contributed by atoms with Crippen LogP contribution in [-0.2, 0) is 4.74 Å². The highest BCUT2D eigenvalue weighted by Crippen LogP contribution is 2.28. The fraction of sp³-hybridized carbons (Fsp3) is 1.00. The third-order valence-electron chi connectivity index (χ3n) is 3.80. The molecule has 2 aliphatic rings. The maximum Gasteiger partial charge on any atom is 0.0600 e. The zero-order chi connectivity index (χ0) is 11.4. The van der Waals surface area contributed by atoms with Crippen molar-refractivity contribution in [1.82, 2.24) is 10.2 Å². The van der Waals surface area contributed by atoms with Gasteiger partial charge in [0, 0.05) is 13.1 Å². The molecule has 3 nitrogen and oxygen atoms in total. The van der Waals surface area contributed by atoms with Gasteiger partial charge in [-0.15, -0.1) is 0 Å². The van der Waals surface area contributed by atoms with Gasteiger partial charge in [0.25, 0.3) is 0 Å². The standard InChI is InChI=1S/C13H26N2O/c1-13(2)5-8-15(11-13)9-10-16-12-3-6-14-7-4-12/h12,14H,3-11H2,1-2H3. The van der Waals surface area contributed by atoms with Crippen LogP contribution in [0.5, 0.6) is 0 Å². The van der Waals surface area contributed by atoms with E-state index in [1.54, 1.807) is 0 Å². The molecule has 16 heavy (non-hydrogen) atoms. The Balaban J connectivity index is 1.58. The summed E-state index contributed by atoms with van der Waals surface area (Å²) in [5.74, 6) is 0. The number of hydrogen-bond acceptors (Lipinski definition) is 3. The Hall–Kier alpha value is -0.120. The van der Waals surface area contributed by atoms with Crippen LogP contribution >= 0.6 is 0 Å². The van der Waals surface area contributed by atoms with E-state index in [9.17, 15) is 0 Å². The van der Waals surface area contributed by atoms with Crippen LogP contribution in [-0.4, -0.2) is 50.3 Å². The SMILES string of the molecule is CC1(C)CCN(CCOC2CCNCC2)C1. The van der Waals surface area contributed by atoms with E-state index in [1.807, 2.05) is 0 Å². The lowest BCUT2D eigenvalue weighted by Gasteiger charge is -2.25. The smallest absolute Gasteiger partial charge is 0.0600 e. The molecule has 2 heterocycles. The Labute approximate surface area is 99.5 Å². The van der Waals surface area contributed by atoms with Crippen LogP contribution in [0.2, 0.25) is 0 Å². The first-order valence-corrected chi connectivity index (χ1v) is 6.70. The summed E-state index contributed by atoms with van der Waals surface area (Å²) in [6, 6.07) is 0. The van der Waals surface area contributed by atoms with Gasteiger partial charge in [0.15, 0.2) is 0 Å². The van der Waals surface area contributed by atoms with Gasteiger partial charge in [0.1, 0.15) is 0 Å². The van der Waals surface area contributed by atoms with Gasteiger partial charge in [-0.1, -0.05) is 13.8 Å². The number of ether oxygens (including phenoxy) is 1. The first-order valence-electron chi connectivity index (χ1n) is 6.70. The number of piperidine rings is 1. The van der Waals surface area contributed by atoms with Gasteiger partial charge in [-0.2, -0.15) is 0 Å². The van der Waals surface area contributed by atoms with Crippen molar-refractivity contribution in [2.45, 2.75) is 39.2 Å². The number of likely N-dealkylation sites (tertiary alicyclic amines) is 1. The van der Waals surface area contributed by atoms with Gasteiger partial charge < -0.3 is 15.0 Å². The lowest BCUT2D eigenvalue weighted by molar-refractivity contribution is 0.0220. The predicted octanol–water partition coefficient (Wildman–Crippen LogP) is 1.49. The molecule has 0 atom stereocenters. The van der Waals surface area contributed by atoms with Crippen molar-refractivity contribution in [3.63, 3.8) is 0 Å². The topological polar surface area (TPSA) is 24.5 Å². The molecule has 0 aromatic carbocycles. The zero-order valence-electron chi connectivity index (χ0n) is 10.8. The van der Waals surface area contributed by atoms with E-state index in [4.69, 9.17) is 4.74 Å². The molecular formula is C13H26N2O. The number of nitrogens with zero attached hydrogens (tertiary/aromatic N) is 1. The molecule has 2 fully saturated rings. The molecule has 2 saturated heterocycles. The van der Waals surface area contributed by atoms with Gasteiger partial charge >= 0.3 is 0 Å². The van der Waals surface area contributed by atoms with Gasteiger partial charge in [-0.3, -0.25) is 0 Å². The van der Waals surface area contributed by atoms with Gasteiger partial charge in [0.05, 0.1) is 12.7 Å². The zero-order valence-corrected chi connectivity index (χ0v) is 10.8. The van der Waals surface area contributed by atoms with Gasteiger partial charge in [-0.25, -0.2) is 0 Å². The number of rotatable bonds is 4. The molecule has 0 bridgehead atoms. The largest absolute Gasteiger partial charge is 0.377 e. The molecular weight excluding hydrogens is 200 g/mol. The minimum Gasteiger partial charge on any atom is -0.377 e. The molecule has 0 aromatic heterocycles. The predicted molar refractivity (Wildman–Crippen MR) is 66.7 cm³/mol. The minimum absolute atomic E-state index is 0.511. The van der Waals surface area contributed by atoms with Gasteiger partial charge in [-0.05, 0) is 44.3 Å². The molecule has 2 rings (SSSR count). The van der Waals surface area contributed by atoms with Crippen molar-refractivity contribution >= 4 is 0 Å². The first-order chi connectivity index (χ1) is 7.66.